The lowest BCUT2D eigenvalue weighted by molar-refractivity contribution is 0.0288. The van der Waals surface area contributed by atoms with Crippen molar-refractivity contribution in [1.82, 2.24) is 0 Å². The van der Waals surface area contributed by atoms with E-state index in [-0.39, 0.29) is 9.84 Å². The van der Waals surface area contributed by atoms with Crippen molar-refractivity contribution in [2.75, 3.05) is 0 Å². The Morgan fingerprint density at radius 1 is 0.875 bits per heavy atom. The second-order valence-electron chi connectivity index (χ2n) is 5.67. The Balaban J connectivity index is 1.94. The zero-order valence-corrected chi connectivity index (χ0v) is 12.0. The first-order chi connectivity index (χ1) is 7.59. The molecule has 0 radical (unpaired) electrons. The van der Waals surface area contributed by atoms with Crippen LogP contribution in [0, 0.1) is 17.8 Å². The van der Waals surface area contributed by atoms with Crippen molar-refractivity contribution in [2.24, 2.45) is 17.8 Å². The molecule has 0 aliphatic heterocycles. The molecule has 2 aliphatic rings. The van der Waals surface area contributed by atoms with Crippen molar-refractivity contribution < 1.29 is 8.78 Å². The average Bonchev–Trinajstić information content (AvgIpc) is 2.28. The van der Waals surface area contributed by atoms with E-state index in [1.807, 2.05) is 0 Å². The fourth-order valence-corrected chi connectivity index (χ4v) is 4.07. The van der Waals surface area contributed by atoms with Crippen molar-refractivity contribution in [1.29, 1.82) is 0 Å². The molecule has 0 aromatic heterocycles. The average molecular weight is 342 g/mol. The van der Waals surface area contributed by atoms with E-state index in [1.54, 1.807) is 0 Å². The Bertz CT molecular complexity index is 226. The maximum atomic E-state index is 14.0. The zero-order chi connectivity index (χ0) is 11.7. The van der Waals surface area contributed by atoms with Crippen molar-refractivity contribution >= 4 is 22.6 Å². The summed E-state index contributed by atoms with van der Waals surface area (Å²) in [5, 5.41) is 0. The van der Waals surface area contributed by atoms with Gasteiger partial charge in [0.15, 0.2) is 0 Å². The van der Waals surface area contributed by atoms with Gasteiger partial charge in [0.05, 0.1) is 0 Å². The van der Waals surface area contributed by atoms with Crippen LogP contribution >= 0.6 is 22.6 Å². The standard InChI is InChI=1S/C13H21F2I/c1-8-2-4-9(5-3-8)10-6-7-11(16)13(15)12(10)14/h8-13H,2-7H2,1H3. The van der Waals surface area contributed by atoms with E-state index < -0.39 is 12.3 Å². The van der Waals surface area contributed by atoms with E-state index in [0.717, 1.165) is 31.6 Å². The van der Waals surface area contributed by atoms with Crippen LogP contribution in [0.3, 0.4) is 0 Å². The molecule has 2 saturated carbocycles. The largest absolute Gasteiger partial charge is 0.244 e. The van der Waals surface area contributed by atoms with Gasteiger partial charge in [0.25, 0.3) is 0 Å². The summed E-state index contributed by atoms with van der Waals surface area (Å²) in [5.41, 5.74) is 0. The molecular weight excluding hydrogens is 321 g/mol. The van der Waals surface area contributed by atoms with Gasteiger partial charge in [-0.2, -0.15) is 0 Å². The molecule has 3 heteroatoms. The Morgan fingerprint density at radius 2 is 1.50 bits per heavy atom. The van der Waals surface area contributed by atoms with Gasteiger partial charge in [-0.1, -0.05) is 42.4 Å². The molecule has 2 aliphatic carbocycles. The normalized spacial score (nSPS) is 50.2. The number of rotatable bonds is 1. The number of hydrogen-bond donors (Lipinski definition) is 0. The Morgan fingerprint density at radius 3 is 2.12 bits per heavy atom. The summed E-state index contributed by atoms with van der Waals surface area (Å²) in [6.45, 7) is 2.27. The molecular formula is C13H21F2I. The smallest absolute Gasteiger partial charge is 0.143 e. The summed E-state index contributed by atoms with van der Waals surface area (Å²) in [5.74, 6) is 1.25. The molecule has 2 rings (SSSR count). The summed E-state index contributed by atoms with van der Waals surface area (Å²) in [6, 6.07) is 0. The minimum absolute atomic E-state index is 0.00789. The molecule has 0 aromatic carbocycles. The SMILES string of the molecule is CC1CCC(C2CCC(I)C(F)C2F)CC1. The second kappa shape index (κ2) is 5.49. The van der Waals surface area contributed by atoms with Crippen LogP contribution in [-0.2, 0) is 0 Å². The lowest BCUT2D eigenvalue weighted by Crippen LogP contribution is -2.42. The highest BCUT2D eigenvalue weighted by Gasteiger charge is 2.42. The first kappa shape index (κ1) is 13.0. The predicted molar refractivity (Wildman–Crippen MR) is 71.4 cm³/mol. The third kappa shape index (κ3) is 2.70. The fourth-order valence-electron chi connectivity index (χ4n) is 3.32. The van der Waals surface area contributed by atoms with Crippen LogP contribution in [-0.4, -0.2) is 16.3 Å². The van der Waals surface area contributed by atoms with Gasteiger partial charge in [-0.15, -0.1) is 0 Å². The summed E-state index contributed by atoms with van der Waals surface area (Å²) >= 11 is 2.07. The molecule has 0 saturated heterocycles. The highest BCUT2D eigenvalue weighted by Crippen LogP contribution is 2.43. The van der Waals surface area contributed by atoms with E-state index >= 15 is 0 Å². The van der Waals surface area contributed by atoms with Crippen molar-refractivity contribution in [3.05, 3.63) is 0 Å². The summed E-state index contributed by atoms with van der Waals surface area (Å²) in [4.78, 5) is 0. The van der Waals surface area contributed by atoms with Gasteiger partial charge in [0.2, 0.25) is 0 Å². The summed E-state index contributed by atoms with van der Waals surface area (Å²) in [7, 11) is 0. The quantitative estimate of drug-likeness (QED) is 0.479. The van der Waals surface area contributed by atoms with E-state index in [0.29, 0.717) is 5.92 Å². The Kier molecular flexibility index (Phi) is 4.47. The molecule has 4 unspecified atom stereocenters. The van der Waals surface area contributed by atoms with E-state index in [1.165, 1.54) is 12.8 Å². The minimum atomic E-state index is -1.22. The molecule has 0 spiro atoms. The third-order valence-electron chi connectivity index (χ3n) is 4.50. The molecule has 0 heterocycles. The molecule has 0 amide bonds. The molecule has 0 nitrogen and oxygen atoms in total. The predicted octanol–water partition coefficient (Wildman–Crippen LogP) is 4.70. The van der Waals surface area contributed by atoms with Crippen molar-refractivity contribution in [3.63, 3.8) is 0 Å². The van der Waals surface area contributed by atoms with Crippen LogP contribution in [0.2, 0.25) is 0 Å². The van der Waals surface area contributed by atoms with Crippen LogP contribution in [0.1, 0.15) is 45.4 Å². The maximum absolute atomic E-state index is 14.0. The van der Waals surface area contributed by atoms with Crippen LogP contribution in [0.25, 0.3) is 0 Å². The minimum Gasteiger partial charge on any atom is -0.244 e. The first-order valence-corrected chi connectivity index (χ1v) is 7.76. The zero-order valence-electron chi connectivity index (χ0n) is 9.84. The van der Waals surface area contributed by atoms with Gasteiger partial charge in [0, 0.05) is 3.92 Å². The van der Waals surface area contributed by atoms with Crippen LogP contribution in [0.15, 0.2) is 0 Å². The molecule has 0 bridgehead atoms. The third-order valence-corrected chi connectivity index (χ3v) is 5.81. The van der Waals surface area contributed by atoms with Crippen LogP contribution in [0.4, 0.5) is 8.78 Å². The summed E-state index contributed by atoms with van der Waals surface area (Å²) in [6.07, 6.45) is 3.98. The molecule has 4 atom stereocenters. The molecule has 16 heavy (non-hydrogen) atoms. The van der Waals surface area contributed by atoms with E-state index in [4.69, 9.17) is 0 Å². The first-order valence-electron chi connectivity index (χ1n) is 6.51. The van der Waals surface area contributed by atoms with Crippen LogP contribution < -0.4 is 0 Å². The highest BCUT2D eigenvalue weighted by atomic mass is 127. The van der Waals surface area contributed by atoms with E-state index in [9.17, 15) is 8.78 Å². The van der Waals surface area contributed by atoms with Gasteiger partial charge in [-0.3, -0.25) is 0 Å². The van der Waals surface area contributed by atoms with Crippen molar-refractivity contribution in [3.8, 4) is 0 Å². The lowest BCUT2D eigenvalue weighted by atomic mass is 9.70. The van der Waals surface area contributed by atoms with Gasteiger partial charge >= 0.3 is 0 Å². The number of alkyl halides is 3. The Labute approximate surface area is 111 Å². The highest BCUT2D eigenvalue weighted by molar-refractivity contribution is 14.1. The Hall–Kier alpha value is 0.590. The van der Waals surface area contributed by atoms with Crippen LogP contribution in [0.5, 0.6) is 0 Å². The number of halogens is 3. The summed E-state index contributed by atoms with van der Waals surface area (Å²) < 4.78 is 27.6. The molecule has 0 aromatic rings. The van der Waals surface area contributed by atoms with Gasteiger partial charge in [-0.25, -0.2) is 8.78 Å². The molecule has 2 fully saturated rings. The van der Waals surface area contributed by atoms with Gasteiger partial charge in [-0.05, 0) is 43.4 Å². The second-order valence-corrected chi connectivity index (χ2v) is 7.27. The fraction of sp³-hybridized carbons (Fsp3) is 1.00. The van der Waals surface area contributed by atoms with Gasteiger partial charge < -0.3 is 0 Å². The van der Waals surface area contributed by atoms with Crippen molar-refractivity contribution in [2.45, 2.75) is 61.7 Å². The van der Waals surface area contributed by atoms with E-state index in [2.05, 4.69) is 29.5 Å². The van der Waals surface area contributed by atoms with Gasteiger partial charge in [0.1, 0.15) is 12.3 Å². The topological polar surface area (TPSA) is 0 Å². The molecule has 94 valence electrons. The molecule has 0 N–H and O–H groups in total. The monoisotopic (exact) mass is 342 g/mol. The lowest BCUT2D eigenvalue weighted by Gasteiger charge is -2.39. The number of hydrogen-bond acceptors (Lipinski definition) is 0. The maximum Gasteiger partial charge on any atom is 0.143 e.